The molecule has 2 aromatic carbocycles. The molecule has 0 saturated heterocycles. The number of methoxy groups -OCH3 is 2. The zero-order chi connectivity index (χ0) is 32.8. The van der Waals surface area contributed by atoms with Gasteiger partial charge in [0.1, 0.15) is 0 Å². The molecule has 9 heteroatoms. The van der Waals surface area contributed by atoms with Crippen molar-refractivity contribution in [1.29, 1.82) is 5.26 Å². The van der Waals surface area contributed by atoms with Crippen LogP contribution in [0.1, 0.15) is 78.4 Å². The summed E-state index contributed by atoms with van der Waals surface area (Å²) in [5.41, 5.74) is 5.53. The molecule has 2 fully saturated rings. The van der Waals surface area contributed by atoms with Crippen LogP contribution in [0.15, 0.2) is 61.6 Å². The largest absolute Gasteiger partial charge is 0.381 e. The van der Waals surface area contributed by atoms with Gasteiger partial charge in [0.05, 0.1) is 17.9 Å². The summed E-state index contributed by atoms with van der Waals surface area (Å²) in [6.45, 7) is 9.82. The molecule has 6 nitrogen and oxygen atoms in total. The predicted octanol–water partition coefficient (Wildman–Crippen LogP) is 9.29. The molecule has 6 rings (SSSR count). The first-order valence-corrected chi connectivity index (χ1v) is 20.8. The maximum atomic E-state index is 12.7. The molecule has 0 N–H and O–H groups in total. The summed E-state index contributed by atoms with van der Waals surface area (Å²) in [4.78, 5) is 16.9. The molecular formula is C36H45Br2N3O3Si. The smallest absolute Gasteiger partial charge is 0.205 e. The van der Waals surface area contributed by atoms with Gasteiger partial charge in [0, 0.05) is 45.1 Å². The SMILES string of the molecule is C=C=N[Si](C)(C)C.COC1CCC2(CC1)Cc1ccc(Br)cc1C2=NC#N.COC1CCC2(CC1)Cc1ccc(Br)cc1C2=O. The van der Waals surface area contributed by atoms with E-state index < -0.39 is 8.24 Å². The lowest BCUT2D eigenvalue weighted by Gasteiger charge is -2.36. The van der Waals surface area contributed by atoms with E-state index in [1.165, 1.54) is 11.1 Å². The van der Waals surface area contributed by atoms with Crippen LogP contribution in [-0.2, 0) is 22.3 Å². The number of nitrogens with zero attached hydrogens (tertiary/aromatic N) is 3. The topological polar surface area (TPSA) is 84.0 Å². The van der Waals surface area contributed by atoms with Gasteiger partial charge in [-0.05, 0) is 132 Å². The van der Waals surface area contributed by atoms with Crippen molar-refractivity contribution in [1.82, 2.24) is 0 Å². The second-order valence-electron chi connectivity index (χ2n) is 13.7. The maximum Gasteiger partial charge on any atom is 0.205 e. The van der Waals surface area contributed by atoms with Gasteiger partial charge in [0.2, 0.25) is 6.19 Å². The van der Waals surface area contributed by atoms with Crippen molar-refractivity contribution in [2.75, 3.05) is 14.2 Å². The second-order valence-corrected chi connectivity index (χ2v) is 20.1. The molecule has 0 bridgehead atoms. The number of benzene rings is 2. The van der Waals surface area contributed by atoms with Gasteiger partial charge in [-0.2, -0.15) is 10.3 Å². The van der Waals surface area contributed by atoms with Crippen molar-refractivity contribution in [2.45, 2.75) is 96.1 Å². The van der Waals surface area contributed by atoms with Crippen LogP contribution in [0.2, 0.25) is 19.6 Å². The summed E-state index contributed by atoms with van der Waals surface area (Å²) in [6, 6.07) is 12.4. The molecule has 0 heterocycles. The Morgan fingerprint density at radius 2 is 1.31 bits per heavy atom. The zero-order valence-corrected chi connectivity index (χ0v) is 31.4. The van der Waals surface area contributed by atoms with Crippen LogP contribution in [-0.4, -0.2) is 52.0 Å². The van der Waals surface area contributed by atoms with Gasteiger partial charge in [-0.1, -0.05) is 44.0 Å². The molecule has 0 radical (unpaired) electrons. The van der Waals surface area contributed by atoms with Crippen LogP contribution >= 0.6 is 31.9 Å². The number of carbonyl (C=O) groups excluding carboxylic acids is 1. The summed E-state index contributed by atoms with van der Waals surface area (Å²) in [5.74, 6) is 2.90. The van der Waals surface area contributed by atoms with E-state index in [1.54, 1.807) is 14.2 Å². The Labute approximate surface area is 286 Å². The van der Waals surface area contributed by atoms with E-state index in [0.29, 0.717) is 18.0 Å². The van der Waals surface area contributed by atoms with Crippen LogP contribution in [0.3, 0.4) is 0 Å². The normalized spacial score (nSPS) is 27.4. The Morgan fingerprint density at radius 3 is 1.76 bits per heavy atom. The van der Waals surface area contributed by atoms with Crippen LogP contribution in [0, 0.1) is 22.3 Å². The van der Waals surface area contributed by atoms with Gasteiger partial charge in [0.15, 0.2) is 14.0 Å². The number of carbonyl (C=O) groups is 1. The molecule has 4 aliphatic carbocycles. The Morgan fingerprint density at radius 1 is 0.844 bits per heavy atom. The Bertz CT molecular complexity index is 1500. The number of ether oxygens (including phenoxy) is 2. The Hall–Kier alpha value is -2.18. The number of fused-ring (bicyclic) bond motifs is 2. The first kappa shape index (κ1) is 35.7. The van der Waals surface area contributed by atoms with E-state index in [4.69, 9.17) is 14.7 Å². The quantitative estimate of drug-likeness (QED) is 0.178. The van der Waals surface area contributed by atoms with Gasteiger partial charge < -0.3 is 9.47 Å². The third kappa shape index (κ3) is 8.40. The van der Waals surface area contributed by atoms with E-state index in [1.807, 2.05) is 18.3 Å². The fourth-order valence-corrected chi connectivity index (χ4v) is 8.54. The van der Waals surface area contributed by atoms with Gasteiger partial charge in [-0.3, -0.25) is 9.45 Å². The summed E-state index contributed by atoms with van der Waals surface area (Å²) < 4.78 is 17.0. The third-order valence-electron chi connectivity index (χ3n) is 9.71. The lowest BCUT2D eigenvalue weighted by atomic mass is 9.70. The standard InChI is InChI=1S/C16H17BrN2O.C15H17BrO2.C5H11NSi/c1-20-13-4-6-16(7-5-13)9-11-2-3-12(17)8-14(11)15(16)19-10-18;1-18-12-4-6-15(7-5-12)9-10-2-3-11(16)8-13(10)14(15)17;1-5-6-7(2,3)4/h2-3,8,13H,4-7,9H2,1H3;2-3,8,12H,4-7,9H2,1H3;1H2,2-4H3. The van der Waals surface area contributed by atoms with Gasteiger partial charge in [0.25, 0.3) is 0 Å². The molecule has 0 aliphatic heterocycles. The Kier molecular flexibility index (Phi) is 12.0. The molecule has 0 aromatic heterocycles. The maximum absolute atomic E-state index is 12.7. The highest BCUT2D eigenvalue weighted by atomic mass is 79.9. The van der Waals surface area contributed by atoms with Crippen molar-refractivity contribution in [3.8, 4) is 6.19 Å². The summed E-state index contributed by atoms with van der Waals surface area (Å²) >= 11 is 6.97. The van der Waals surface area contributed by atoms with E-state index in [-0.39, 0.29) is 10.8 Å². The lowest BCUT2D eigenvalue weighted by molar-refractivity contribution is 0.0285. The number of ketones is 1. The van der Waals surface area contributed by atoms with Gasteiger partial charge >= 0.3 is 0 Å². The molecule has 45 heavy (non-hydrogen) atoms. The number of nitriles is 1. The van der Waals surface area contributed by atoms with Crippen LogP contribution in [0.5, 0.6) is 0 Å². The van der Waals surface area contributed by atoms with Crippen molar-refractivity contribution in [3.05, 3.63) is 74.2 Å². The molecule has 0 atom stereocenters. The average Bonchev–Trinajstić information content (AvgIpc) is 3.44. The summed E-state index contributed by atoms with van der Waals surface area (Å²) in [6.07, 6.45) is 12.8. The van der Waals surface area contributed by atoms with Crippen molar-refractivity contribution in [2.24, 2.45) is 20.5 Å². The minimum absolute atomic E-state index is 0.0495. The number of rotatable bonds is 3. The highest BCUT2D eigenvalue weighted by Crippen LogP contribution is 2.49. The molecule has 0 unspecified atom stereocenters. The molecule has 0 amide bonds. The molecule has 2 saturated carbocycles. The fraction of sp³-hybridized carbons (Fsp3) is 0.528. The van der Waals surface area contributed by atoms with Crippen molar-refractivity contribution < 1.29 is 14.3 Å². The molecule has 240 valence electrons. The molecular weight excluding hydrogens is 710 g/mol. The van der Waals surface area contributed by atoms with Gasteiger partial charge in [-0.15, -0.1) is 0 Å². The Balaban J connectivity index is 0.000000171. The number of aliphatic imine (C=N–C) groups is 1. The molecule has 4 aliphatic rings. The van der Waals surface area contributed by atoms with Crippen molar-refractivity contribution >= 4 is 57.5 Å². The summed E-state index contributed by atoms with van der Waals surface area (Å²) in [5, 5.41) is 9.06. The van der Waals surface area contributed by atoms with Crippen LogP contribution in [0.4, 0.5) is 0 Å². The third-order valence-corrected chi connectivity index (χ3v) is 11.5. The van der Waals surface area contributed by atoms with Crippen LogP contribution in [0.25, 0.3) is 0 Å². The fourth-order valence-electron chi connectivity index (χ4n) is 7.34. The highest BCUT2D eigenvalue weighted by molar-refractivity contribution is 9.10. The van der Waals surface area contributed by atoms with E-state index in [0.717, 1.165) is 90.0 Å². The molecule has 2 spiro atoms. The number of halogens is 2. The van der Waals surface area contributed by atoms with E-state index in [9.17, 15) is 4.79 Å². The minimum atomic E-state index is -1.21. The number of hydrogen-bond donors (Lipinski definition) is 0. The minimum Gasteiger partial charge on any atom is -0.381 e. The van der Waals surface area contributed by atoms with E-state index in [2.05, 4.69) is 97.9 Å². The highest BCUT2D eigenvalue weighted by Gasteiger charge is 2.47. The number of hydrogen-bond acceptors (Lipinski definition) is 6. The predicted molar refractivity (Wildman–Crippen MR) is 192 cm³/mol. The van der Waals surface area contributed by atoms with E-state index >= 15 is 0 Å². The average molecular weight is 756 g/mol. The first-order valence-electron chi connectivity index (χ1n) is 15.8. The first-order chi connectivity index (χ1) is 21.4. The number of Topliss-reactive ketones (excluding diaryl/α,β-unsaturated/α-hetero) is 1. The van der Waals surface area contributed by atoms with Crippen molar-refractivity contribution in [3.63, 3.8) is 0 Å². The monoisotopic (exact) mass is 753 g/mol. The zero-order valence-electron chi connectivity index (χ0n) is 27.2. The van der Waals surface area contributed by atoms with Gasteiger partial charge in [-0.25, -0.2) is 0 Å². The second kappa shape index (κ2) is 15.1. The molecule has 2 aromatic rings. The van der Waals surface area contributed by atoms with Crippen LogP contribution < -0.4 is 0 Å². The summed E-state index contributed by atoms with van der Waals surface area (Å²) in [7, 11) is 2.35. The lowest BCUT2D eigenvalue weighted by Crippen LogP contribution is -2.35.